The highest BCUT2D eigenvalue weighted by Gasteiger charge is 2.39. The van der Waals surface area contributed by atoms with Crippen LogP contribution in [0.15, 0.2) is 18.2 Å². The van der Waals surface area contributed by atoms with Crippen LogP contribution >= 0.6 is 0 Å². The van der Waals surface area contributed by atoms with Gasteiger partial charge in [0.05, 0.1) is 18.2 Å². The number of carbonyl (C=O) groups is 3. The SMILES string of the molecule is COc1cc(O)c2c(c1)C(=O)c1cc3c(c(O)c1C2=O)C(=O)O[C@H](C)C3. The summed E-state index contributed by atoms with van der Waals surface area (Å²) >= 11 is 0. The van der Waals surface area contributed by atoms with Crippen LogP contribution in [0.25, 0.3) is 0 Å². The Bertz CT molecular complexity index is 1020. The predicted octanol–water partition coefficient (Wildman–Crippen LogP) is 1.98. The van der Waals surface area contributed by atoms with Crippen molar-refractivity contribution in [1.29, 1.82) is 0 Å². The predicted molar refractivity (Wildman–Crippen MR) is 88.2 cm³/mol. The van der Waals surface area contributed by atoms with Crippen LogP contribution in [0.3, 0.4) is 0 Å². The van der Waals surface area contributed by atoms with Gasteiger partial charge in [0.1, 0.15) is 28.9 Å². The highest BCUT2D eigenvalue weighted by molar-refractivity contribution is 6.31. The molecule has 0 spiro atoms. The van der Waals surface area contributed by atoms with E-state index in [9.17, 15) is 24.6 Å². The number of phenolic OH excluding ortho intramolecular Hbond substituents is 2. The third kappa shape index (κ3) is 2.03. The summed E-state index contributed by atoms with van der Waals surface area (Å²) in [5, 5.41) is 20.7. The molecule has 7 heteroatoms. The van der Waals surface area contributed by atoms with Crippen LogP contribution < -0.4 is 4.74 Å². The Labute approximate surface area is 147 Å². The Morgan fingerprint density at radius 2 is 1.69 bits per heavy atom. The Balaban J connectivity index is 2.01. The van der Waals surface area contributed by atoms with Gasteiger partial charge in [0, 0.05) is 23.6 Å². The summed E-state index contributed by atoms with van der Waals surface area (Å²) in [6.45, 7) is 1.70. The van der Waals surface area contributed by atoms with E-state index < -0.39 is 35.1 Å². The minimum absolute atomic E-state index is 0.00620. The van der Waals surface area contributed by atoms with Crippen molar-refractivity contribution in [1.82, 2.24) is 0 Å². The third-order valence-corrected chi connectivity index (χ3v) is 4.67. The second-order valence-corrected chi connectivity index (χ2v) is 6.33. The summed E-state index contributed by atoms with van der Waals surface area (Å²) in [6.07, 6.45) is -0.0853. The first-order valence-electron chi connectivity index (χ1n) is 7.93. The molecule has 1 aliphatic heterocycles. The third-order valence-electron chi connectivity index (χ3n) is 4.67. The molecule has 2 aromatic rings. The maximum atomic E-state index is 12.9. The van der Waals surface area contributed by atoms with E-state index in [0.29, 0.717) is 12.0 Å². The van der Waals surface area contributed by atoms with Gasteiger partial charge in [0.2, 0.25) is 5.78 Å². The van der Waals surface area contributed by atoms with Gasteiger partial charge < -0.3 is 19.7 Å². The first kappa shape index (κ1) is 16.1. The normalized spacial score (nSPS) is 17.9. The van der Waals surface area contributed by atoms with E-state index in [-0.39, 0.29) is 33.6 Å². The molecule has 7 nitrogen and oxygen atoms in total. The molecule has 26 heavy (non-hydrogen) atoms. The molecule has 1 heterocycles. The number of benzene rings is 2. The maximum absolute atomic E-state index is 12.9. The number of aromatic hydroxyl groups is 2. The van der Waals surface area contributed by atoms with E-state index in [2.05, 4.69) is 0 Å². The quantitative estimate of drug-likeness (QED) is 0.643. The number of ether oxygens (including phenoxy) is 2. The zero-order valence-electron chi connectivity index (χ0n) is 14.0. The van der Waals surface area contributed by atoms with Crippen LogP contribution in [0.2, 0.25) is 0 Å². The van der Waals surface area contributed by atoms with Crippen molar-refractivity contribution in [2.75, 3.05) is 7.11 Å². The van der Waals surface area contributed by atoms with E-state index in [1.807, 2.05) is 0 Å². The van der Waals surface area contributed by atoms with Crippen molar-refractivity contribution in [3.05, 3.63) is 51.6 Å². The van der Waals surface area contributed by atoms with Gasteiger partial charge in [-0.2, -0.15) is 0 Å². The highest BCUT2D eigenvalue weighted by atomic mass is 16.5. The monoisotopic (exact) mass is 354 g/mol. The standard InChI is InChI=1S/C19H14O7/c1-7-3-8-4-10-15(17(22)13(8)19(24)26-7)18(23)14-11(16(10)21)5-9(25-2)6-12(14)20/h4-7,20,22H,3H2,1-2H3/t7-/m1/s1. The lowest BCUT2D eigenvalue weighted by Crippen LogP contribution is -2.28. The minimum atomic E-state index is -0.746. The number of phenols is 2. The smallest absolute Gasteiger partial charge is 0.342 e. The molecule has 0 saturated heterocycles. The van der Waals surface area contributed by atoms with Crippen molar-refractivity contribution in [3.8, 4) is 17.2 Å². The summed E-state index contributed by atoms with van der Waals surface area (Å²) in [6, 6.07) is 4.02. The number of carbonyl (C=O) groups excluding carboxylic acids is 3. The second kappa shape index (κ2) is 5.32. The topological polar surface area (TPSA) is 110 Å². The van der Waals surface area contributed by atoms with Crippen LogP contribution in [-0.2, 0) is 11.2 Å². The molecule has 1 atom stereocenters. The average Bonchev–Trinajstić information content (AvgIpc) is 2.57. The summed E-state index contributed by atoms with van der Waals surface area (Å²) in [5.41, 5.74) is -0.205. The molecule has 2 aromatic carbocycles. The number of rotatable bonds is 1. The first-order valence-corrected chi connectivity index (χ1v) is 7.93. The van der Waals surface area contributed by atoms with Crippen molar-refractivity contribution in [2.24, 2.45) is 0 Å². The van der Waals surface area contributed by atoms with E-state index in [0.717, 1.165) is 0 Å². The molecule has 0 amide bonds. The Hall–Kier alpha value is -3.35. The number of methoxy groups -OCH3 is 1. The summed E-state index contributed by atoms with van der Waals surface area (Å²) < 4.78 is 10.1. The number of cyclic esters (lactones) is 1. The Kier molecular flexibility index (Phi) is 3.30. The van der Waals surface area contributed by atoms with Crippen molar-refractivity contribution in [3.63, 3.8) is 0 Å². The zero-order chi connectivity index (χ0) is 18.7. The molecule has 0 radical (unpaired) electrons. The maximum Gasteiger partial charge on any atom is 0.342 e. The van der Waals surface area contributed by atoms with Crippen molar-refractivity contribution < 1.29 is 34.1 Å². The molecule has 2 aliphatic rings. The fraction of sp³-hybridized carbons (Fsp3) is 0.211. The molecular weight excluding hydrogens is 340 g/mol. The molecule has 0 unspecified atom stereocenters. The average molecular weight is 354 g/mol. The lowest BCUT2D eigenvalue weighted by Gasteiger charge is -2.26. The van der Waals surface area contributed by atoms with Crippen LogP contribution in [0, 0.1) is 0 Å². The van der Waals surface area contributed by atoms with Gasteiger partial charge in [0.15, 0.2) is 5.78 Å². The summed E-state index contributed by atoms with van der Waals surface area (Å²) in [4.78, 5) is 38.0. The summed E-state index contributed by atoms with van der Waals surface area (Å²) in [5.74, 6) is -2.81. The molecule has 0 aromatic heterocycles. The molecule has 0 bridgehead atoms. The molecule has 0 fully saturated rings. The molecule has 4 rings (SSSR count). The van der Waals surface area contributed by atoms with E-state index in [1.54, 1.807) is 6.92 Å². The van der Waals surface area contributed by atoms with Crippen LogP contribution in [0.4, 0.5) is 0 Å². The van der Waals surface area contributed by atoms with Crippen molar-refractivity contribution in [2.45, 2.75) is 19.4 Å². The van der Waals surface area contributed by atoms with Crippen LogP contribution in [-0.4, -0.2) is 41.0 Å². The highest BCUT2D eigenvalue weighted by Crippen LogP contribution is 2.42. The van der Waals surface area contributed by atoms with E-state index >= 15 is 0 Å². The molecular formula is C19H14O7. The Morgan fingerprint density at radius 1 is 1.00 bits per heavy atom. The molecule has 132 valence electrons. The largest absolute Gasteiger partial charge is 0.507 e. The molecule has 0 saturated carbocycles. The van der Waals surface area contributed by atoms with Crippen LogP contribution in [0.5, 0.6) is 17.2 Å². The number of hydrogen-bond donors (Lipinski definition) is 2. The lowest BCUT2D eigenvalue weighted by atomic mass is 9.80. The number of fused-ring (bicyclic) bond motifs is 3. The fourth-order valence-electron chi connectivity index (χ4n) is 3.52. The number of ketones is 2. The fourth-order valence-corrected chi connectivity index (χ4v) is 3.52. The zero-order valence-corrected chi connectivity index (χ0v) is 14.0. The van der Waals surface area contributed by atoms with Gasteiger partial charge in [-0.3, -0.25) is 9.59 Å². The lowest BCUT2D eigenvalue weighted by molar-refractivity contribution is 0.0296. The Morgan fingerprint density at radius 3 is 2.38 bits per heavy atom. The van der Waals surface area contributed by atoms with E-state index in [4.69, 9.17) is 9.47 Å². The van der Waals surface area contributed by atoms with Gasteiger partial charge in [0.25, 0.3) is 0 Å². The van der Waals surface area contributed by atoms with Crippen LogP contribution in [0.1, 0.15) is 54.7 Å². The van der Waals surface area contributed by atoms with Gasteiger partial charge in [-0.05, 0) is 24.6 Å². The first-order chi connectivity index (χ1) is 12.3. The molecule has 2 N–H and O–H groups in total. The van der Waals surface area contributed by atoms with Gasteiger partial charge in [-0.25, -0.2) is 4.79 Å². The summed E-state index contributed by atoms with van der Waals surface area (Å²) in [7, 11) is 1.37. The number of esters is 1. The van der Waals surface area contributed by atoms with Gasteiger partial charge in [-0.15, -0.1) is 0 Å². The van der Waals surface area contributed by atoms with Gasteiger partial charge >= 0.3 is 5.97 Å². The number of hydrogen-bond acceptors (Lipinski definition) is 7. The van der Waals surface area contributed by atoms with Gasteiger partial charge in [-0.1, -0.05) is 0 Å². The van der Waals surface area contributed by atoms with E-state index in [1.165, 1.54) is 25.3 Å². The molecule has 1 aliphatic carbocycles. The minimum Gasteiger partial charge on any atom is -0.507 e. The van der Waals surface area contributed by atoms with Crippen molar-refractivity contribution >= 4 is 17.5 Å². The second-order valence-electron chi connectivity index (χ2n) is 6.33.